The summed E-state index contributed by atoms with van der Waals surface area (Å²) in [6.07, 6.45) is 2.50. The monoisotopic (exact) mass is 375 g/mol. The average Bonchev–Trinajstić information content (AvgIpc) is 2.87. The van der Waals surface area contributed by atoms with Crippen molar-refractivity contribution in [3.8, 4) is 0 Å². The second kappa shape index (κ2) is 7.00. The molecule has 1 aromatic carbocycles. The third-order valence-electron chi connectivity index (χ3n) is 3.96. The van der Waals surface area contributed by atoms with Crippen molar-refractivity contribution < 1.29 is 18.8 Å². The largest absolute Gasteiger partial charge is 0.443 e. The van der Waals surface area contributed by atoms with E-state index in [1.165, 1.54) is 11.0 Å². The molecule has 1 aliphatic heterocycles. The van der Waals surface area contributed by atoms with Crippen LogP contribution in [-0.2, 0) is 19.6 Å². The van der Waals surface area contributed by atoms with Gasteiger partial charge >= 0.3 is 6.09 Å². The Bertz CT molecular complexity index is 703. The highest BCUT2D eigenvalue weighted by atomic mass is 28.4. The van der Waals surface area contributed by atoms with Crippen LogP contribution in [0.4, 0.5) is 4.79 Å². The molecule has 0 saturated heterocycles. The molecule has 1 heterocycles. The number of imide groups is 1. The summed E-state index contributed by atoms with van der Waals surface area (Å²) in [5, 5.41) is 0. The minimum absolute atomic E-state index is 0.384. The van der Waals surface area contributed by atoms with Gasteiger partial charge in [-0.1, -0.05) is 36.4 Å². The number of rotatable bonds is 4. The Morgan fingerprint density at radius 2 is 1.65 bits per heavy atom. The van der Waals surface area contributed by atoms with Crippen LogP contribution in [-0.4, -0.2) is 36.9 Å². The predicted molar refractivity (Wildman–Crippen MR) is 104 cm³/mol. The first kappa shape index (κ1) is 20.4. The van der Waals surface area contributed by atoms with Gasteiger partial charge < -0.3 is 9.16 Å². The summed E-state index contributed by atoms with van der Waals surface area (Å²) in [6.45, 7) is 13.5. The average molecular weight is 376 g/mol. The van der Waals surface area contributed by atoms with Crippen molar-refractivity contribution in [2.75, 3.05) is 0 Å². The summed E-state index contributed by atoms with van der Waals surface area (Å²) < 4.78 is 12.0. The molecule has 0 aromatic heterocycles. The Hall–Kier alpha value is -1.92. The first-order valence-corrected chi connectivity index (χ1v) is 12.2. The normalized spacial score (nSPS) is 20.2. The summed E-state index contributed by atoms with van der Waals surface area (Å²) >= 11 is 0. The summed E-state index contributed by atoms with van der Waals surface area (Å²) in [5.41, 5.74) is -0.626. The van der Waals surface area contributed by atoms with Crippen LogP contribution in [0.5, 0.6) is 0 Å². The van der Waals surface area contributed by atoms with E-state index in [0.29, 0.717) is 0 Å². The van der Waals surface area contributed by atoms with Crippen molar-refractivity contribution >= 4 is 20.3 Å². The van der Waals surface area contributed by atoms with Crippen molar-refractivity contribution in [3.05, 3.63) is 48.0 Å². The maximum absolute atomic E-state index is 12.7. The lowest BCUT2D eigenvalue weighted by Gasteiger charge is -2.43. The lowest BCUT2D eigenvalue weighted by molar-refractivity contribution is -0.129. The van der Waals surface area contributed by atoms with E-state index in [2.05, 4.69) is 19.6 Å². The molecule has 0 fully saturated rings. The van der Waals surface area contributed by atoms with Gasteiger partial charge in [0, 0.05) is 6.08 Å². The predicted octanol–water partition coefficient (Wildman–Crippen LogP) is 4.46. The molecule has 0 radical (unpaired) electrons. The number of hydrogen-bond donors (Lipinski definition) is 0. The van der Waals surface area contributed by atoms with E-state index in [4.69, 9.17) is 9.16 Å². The molecule has 0 saturated carbocycles. The second-order valence-corrected chi connectivity index (χ2v) is 13.1. The van der Waals surface area contributed by atoms with Crippen LogP contribution in [0.3, 0.4) is 0 Å². The van der Waals surface area contributed by atoms with Crippen LogP contribution in [0.1, 0.15) is 33.3 Å². The Labute approximate surface area is 157 Å². The maximum Gasteiger partial charge on any atom is 0.417 e. The minimum Gasteiger partial charge on any atom is -0.443 e. The molecular formula is C20H29NO4Si. The number of amides is 2. The summed E-state index contributed by atoms with van der Waals surface area (Å²) in [4.78, 5) is 26.3. The van der Waals surface area contributed by atoms with E-state index in [-0.39, 0.29) is 5.91 Å². The van der Waals surface area contributed by atoms with Crippen LogP contribution in [0.2, 0.25) is 19.6 Å². The molecule has 1 aromatic rings. The molecule has 0 bridgehead atoms. The summed E-state index contributed by atoms with van der Waals surface area (Å²) in [7, 11) is -2.00. The van der Waals surface area contributed by atoms with Crippen molar-refractivity contribution in [1.29, 1.82) is 0 Å². The van der Waals surface area contributed by atoms with Crippen molar-refractivity contribution in [3.63, 3.8) is 0 Å². The quantitative estimate of drug-likeness (QED) is 0.729. The molecule has 0 spiro atoms. The van der Waals surface area contributed by atoms with Gasteiger partial charge in [-0.3, -0.25) is 4.79 Å². The number of ether oxygens (including phenoxy) is 1. The lowest BCUT2D eigenvalue weighted by Crippen LogP contribution is -2.55. The Morgan fingerprint density at radius 3 is 2.15 bits per heavy atom. The number of benzene rings is 1. The molecule has 2 rings (SSSR count). The van der Waals surface area contributed by atoms with Gasteiger partial charge in [0.1, 0.15) is 11.2 Å². The summed E-state index contributed by atoms with van der Waals surface area (Å²) in [6, 6.07) is 9.14. The van der Waals surface area contributed by atoms with Crippen molar-refractivity contribution in [2.45, 2.75) is 64.6 Å². The van der Waals surface area contributed by atoms with Crippen molar-refractivity contribution in [2.24, 2.45) is 0 Å². The highest BCUT2D eigenvalue weighted by molar-refractivity contribution is 6.69. The molecule has 142 valence electrons. The van der Waals surface area contributed by atoms with E-state index in [1.54, 1.807) is 26.8 Å². The zero-order valence-corrected chi connectivity index (χ0v) is 17.7. The van der Waals surface area contributed by atoms with E-state index in [9.17, 15) is 9.59 Å². The topological polar surface area (TPSA) is 55.8 Å². The van der Waals surface area contributed by atoms with Crippen LogP contribution in [0, 0.1) is 0 Å². The van der Waals surface area contributed by atoms with Crippen LogP contribution < -0.4 is 0 Å². The first-order valence-electron chi connectivity index (χ1n) is 8.83. The van der Waals surface area contributed by atoms with E-state index < -0.39 is 31.7 Å². The molecule has 26 heavy (non-hydrogen) atoms. The van der Waals surface area contributed by atoms with Gasteiger partial charge in [0.15, 0.2) is 8.32 Å². The van der Waals surface area contributed by atoms with Gasteiger partial charge in [0.05, 0.1) is 6.04 Å². The second-order valence-electron chi connectivity index (χ2n) is 8.68. The van der Waals surface area contributed by atoms with E-state index in [1.807, 2.05) is 37.3 Å². The molecule has 2 amide bonds. The van der Waals surface area contributed by atoms with Crippen molar-refractivity contribution in [1.82, 2.24) is 4.90 Å². The maximum atomic E-state index is 12.7. The molecule has 1 aliphatic rings. The number of carbonyl (C=O) groups excluding carboxylic acids is 2. The molecule has 0 unspecified atom stereocenters. The summed E-state index contributed by atoms with van der Waals surface area (Å²) in [5.74, 6) is -0.384. The molecule has 5 nitrogen and oxygen atoms in total. The third-order valence-corrected chi connectivity index (χ3v) is 4.99. The zero-order valence-electron chi connectivity index (χ0n) is 16.7. The number of nitrogens with zero attached hydrogens (tertiary/aromatic N) is 1. The van der Waals surface area contributed by atoms with Gasteiger partial charge in [-0.25, -0.2) is 9.69 Å². The molecule has 6 heteroatoms. The highest BCUT2D eigenvalue weighted by Gasteiger charge is 2.48. The third kappa shape index (κ3) is 4.62. The fourth-order valence-electron chi connectivity index (χ4n) is 3.12. The van der Waals surface area contributed by atoms with Gasteiger partial charge in [-0.2, -0.15) is 0 Å². The standard InChI is InChI=1S/C20H29NO4Si/c1-19(2,3)24-18(23)21-16(13-14-17(21)22)20(4,25-26(5,6)7)15-11-9-8-10-12-15/h8-14,16H,1-7H3/t16-,20+/m1/s1. The van der Waals surface area contributed by atoms with Crippen LogP contribution in [0.15, 0.2) is 42.5 Å². The number of hydrogen-bond acceptors (Lipinski definition) is 4. The Balaban J connectivity index is 2.47. The molecule has 2 atom stereocenters. The number of carbonyl (C=O) groups is 2. The van der Waals surface area contributed by atoms with Gasteiger partial charge in [-0.05, 0) is 52.9 Å². The highest BCUT2D eigenvalue weighted by Crippen LogP contribution is 2.38. The smallest absolute Gasteiger partial charge is 0.417 e. The molecule has 0 aliphatic carbocycles. The van der Waals surface area contributed by atoms with Gasteiger partial charge in [0.2, 0.25) is 0 Å². The SMILES string of the molecule is CC(C)(C)OC(=O)N1C(=O)C=C[C@@H]1[C@@](C)(O[Si](C)(C)C)c1ccccc1. The molecule has 0 N–H and O–H groups in total. The van der Waals surface area contributed by atoms with Gasteiger partial charge in [0.25, 0.3) is 5.91 Å². The van der Waals surface area contributed by atoms with Crippen LogP contribution >= 0.6 is 0 Å². The Kier molecular flexibility index (Phi) is 5.49. The van der Waals surface area contributed by atoms with E-state index >= 15 is 0 Å². The van der Waals surface area contributed by atoms with Crippen LogP contribution in [0.25, 0.3) is 0 Å². The Morgan fingerprint density at radius 1 is 1.08 bits per heavy atom. The zero-order chi connectivity index (χ0) is 19.8. The fraction of sp³-hybridized carbons (Fsp3) is 0.500. The minimum atomic E-state index is -2.00. The van der Waals surface area contributed by atoms with E-state index in [0.717, 1.165) is 5.56 Å². The first-order chi connectivity index (χ1) is 11.8. The molecular weight excluding hydrogens is 346 g/mol. The van der Waals surface area contributed by atoms with Gasteiger partial charge in [-0.15, -0.1) is 0 Å². The fourth-order valence-corrected chi connectivity index (χ4v) is 4.63. The lowest BCUT2D eigenvalue weighted by atomic mass is 9.88.